The predicted molar refractivity (Wildman–Crippen MR) is 147 cm³/mol. The molecule has 204 valence electrons. The standard InChI is InChI=1S/C32H55N3O/c1-7-35-20-25(33-34-35)21-36-26-15-17-31(5)24(19-26)11-12-27-29-14-13-28(23(4)10-8-9-22(2)3)32(29,6)18-16-30(27)31/h20,22-24,26-30H,7-19,21H2,1-6H3/t23-,24?,26+,27?,28?,29?,30?,31+,32-/m1/s1. The van der Waals surface area contributed by atoms with E-state index >= 15 is 0 Å². The smallest absolute Gasteiger partial charge is 0.108 e. The summed E-state index contributed by atoms with van der Waals surface area (Å²) in [6.07, 6.45) is 19.5. The molecule has 0 bridgehead atoms. The average Bonchev–Trinajstić information content (AvgIpc) is 3.46. The summed E-state index contributed by atoms with van der Waals surface area (Å²) in [5.74, 6) is 6.51. The van der Waals surface area contributed by atoms with E-state index in [1.165, 1.54) is 77.0 Å². The van der Waals surface area contributed by atoms with Gasteiger partial charge in [0.05, 0.1) is 18.9 Å². The molecule has 5 rings (SSSR count). The van der Waals surface area contributed by atoms with Gasteiger partial charge in [0.25, 0.3) is 0 Å². The Morgan fingerprint density at radius 2 is 1.75 bits per heavy atom. The van der Waals surface area contributed by atoms with Gasteiger partial charge in [0, 0.05) is 6.54 Å². The van der Waals surface area contributed by atoms with Crippen LogP contribution in [0.2, 0.25) is 0 Å². The molecule has 5 unspecified atom stereocenters. The molecule has 4 aliphatic carbocycles. The molecule has 4 fully saturated rings. The molecule has 0 saturated heterocycles. The Kier molecular flexibility index (Phi) is 7.93. The predicted octanol–water partition coefficient (Wildman–Crippen LogP) is 8.30. The molecule has 9 atom stereocenters. The fraction of sp³-hybridized carbons (Fsp3) is 0.938. The van der Waals surface area contributed by atoms with E-state index in [9.17, 15) is 0 Å². The Balaban J connectivity index is 1.19. The fourth-order valence-corrected chi connectivity index (χ4v) is 10.2. The number of hydrogen-bond acceptors (Lipinski definition) is 3. The van der Waals surface area contributed by atoms with E-state index in [-0.39, 0.29) is 0 Å². The van der Waals surface area contributed by atoms with Crippen molar-refractivity contribution in [3.05, 3.63) is 11.9 Å². The second kappa shape index (κ2) is 10.7. The van der Waals surface area contributed by atoms with Crippen LogP contribution in [0.5, 0.6) is 0 Å². The largest absolute Gasteiger partial charge is 0.372 e. The molecule has 1 aromatic heterocycles. The van der Waals surface area contributed by atoms with E-state index in [4.69, 9.17) is 4.74 Å². The Morgan fingerprint density at radius 3 is 2.50 bits per heavy atom. The molecule has 4 heteroatoms. The minimum Gasteiger partial charge on any atom is -0.372 e. The van der Waals surface area contributed by atoms with Crippen LogP contribution in [0.3, 0.4) is 0 Å². The third-order valence-corrected chi connectivity index (χ3v) is 12.2. The molecule has 4 saturated carbocycles. The monoisotopic (exact) mass is 497 g/mol. The van der Waals surface area contributed by atoms with Crippen LogP contribution in [-0.4, -0.2) is 21.1 Å². The molecular weight excluding hydrogens is 442 g/mol. The summed E-state index contributed by atoms with van der Waals surface area (Å²) in [4.78, 5) is 0. The summed E-state index contributed by atoms with van der Waals surface area (Å²) >= 11 is 0. The molecule has 0 radical (unpaired) electrons. The van der Waals surface area contributed by atoms with Crippen molar-refractivity contribution in [3.63, 3.8) is 0 Å². The number of ether oxygens (including phenoxy) is 1. The van der Waals surface area contributed by atoms with Crippen molar-refractivity contribution in [2.45, 2.75) is 138 Å². The maximum atomic E-state index is 6.41. The molecule has 4 nitrogen and oxygen atoms in total. The summed E-state index contributed by atoms with van der Waals surface area (Å²) in [5.41, 5.74) is 2.13. The van der Waals surface area contributed by atoms with Crippen LogP contribution in [0.15, 0.2) is 6.20 Å². The number of hydrogen-bond donors (Lipinski definition) is 0. The first-order valence-corrected chi connectivity index (χ1v) is 15.7. The normalized spacial score (nSPS) is 41.1. The first-order valence-electron chi connectivity index (χ1n) is 15.7. The minimum atomic E-state index is 0.405. The SMILES string of the molecule is CCn1cc(CO[C@H]2CC[C@@]3(C)C(CCC4C3CC[C@@]3(C)C4CCC3[C@H](C)CCCC(C)C)C2)nn1. The van der Waals surface area contributed by atoms with Crippen molar-refractivity contribution in [3.8, 4) is 0 Å². The maximum absolute atomic E-state index is 6.41. The molecule has 0 aliphatic heterocycles. The lowest BCUT2D eigenvalue weighted by Gasteiger charge is -2.61. The van der Waals surface area contributed by atoms with Gasteiger partial charge >= 0.3 is 0 Å². The lowest BCUT2D eigenvalue weighted by molar-refractivity contribution is -0.138. The summed E-state index contributed by atoms with van der Waals surface area (Å²) in [6, 6.07) is 0. The van der Waals surface area contributed by atoms with Crippen LogP contribution in [0, 0.1) is 52.3 Å². The topological polar surface area (TPSA) is 39.9 Å². The van der Waals surface area contributed by atoms with Gasteiger partial charge in [-0.05, 0) is 117 Å². The molecule has 0 spiro atoms. The second-order valence-corrected chi connectivity index (χ2v) is 14.5. The lowest BCUT2D eigenvalue weighted by atomic mass is 9.44. The van der Waals surface area contributed by atoms with Crippen molar-refractivity contribution >= 4 is 0 Å². The maximum Gasteiger partial charge on any atom is 0.108 e. The molecule has 1 aromatic rings. The minimum absolute atomic E-state index is 0.405. The van der Waals surface area contributed by atoms with Crippen LogP contribution in [0.1, 0.15) is 124 Å². The molecule has 1 heterocycles. The van der Waals surface area contributed by atoms with Gasteiger partial charge in [0.1, 0.15) is 5.69 Å². The zero-order chi connectivity index (χ0) is 25.5. The highest BCUT2D eigenvalue weighted by molar-refractivity contribution is 5.10. The zero-order valence-corrected chi connectivity index (χ0v) is 24.3. The fourth-order valence-electron chi connectivity index (χ4n) is 10.2. The van der Waals surface area contributed by atoms with Crippen molar-refractivity contribution in [1.29, 1.82) is 0 Å². The van der Waals surface area contributed by atoms with Crippen LogP contribution in [-0.2, 0) is 17.9 Å². The summed E-state index contributed by atoms with van der Waals surface area (Å²) in [6.45, 7) is 16.4. The van der Waals surface area contributed by atoms with E-state index in [1.54, 1.807) is 0 Å². The number of aromatic nitrogens is 3. The van der Waals surface area contributed by atoms with Gasteiger partial charge in [-0.15, -0.1) is 5.10 Å². The van der Waals surface area contributed by atoms with Crippen LogP contribution < -0.4 is 0 Å². The van der Waals surface area contributed by atoms with Gasteiger partial charge in [-0.2, -0.15) is 0 Å². The first-order chi connectivity index (χ1) is 17.2. The Labute approximate surface area is 221 Å². The summed E-state index contributed by atoms with van der Waals surface area (Å²) in [5, 5.41) is 8.46. The zero-order valence-electron chi connectivity index (χ0n) is 24.3. The Morgan fingerprint density at radius 1 is 0.972 bits per heavy atom. The van der Waals surface area contributed by atoms with Gasteiger partial charge < -0.3 is 4.74 Å². The molecule has 4 aliphatic rings. The Hall–Kier alpha value is -0.900. The van der Waals surface area contributed by atoms with Crippen LogP contribution >= 0.6 is 0 Å². The van der Waals surface area contributed by atoms with E-state index < -0.39 is 0 Å². The van der Waals surface area contributed by atoms with Gasteiger partial charge in [-0.3, -0.25) is 4.68 Å². The van der Waals surface area contributed by atoms with Crippen LogP contribution in [0.25, 0.3) is 0 Å². The van der Waals surface area contributed by atoms with E-state index in [0.717, 1.165) is 53.7 Å². The molecule has 0 aromatic carbocycles. The quantitative estimate of drug-likeness (QED) is 0.344. The van der Waals surface area contributed by atoms with Gasteiger partial charge in [-0.1, -0.05) is 59.1 Å². The second-order valence-electron chi connectivity index (χ2n) is 14.5. The highest BCUT2D eigenvalue weighted by atomic mass is 16.5. The molecule has 0 amide bonds. The number of rotatable bonds is 9. The van der Waals surface area contributed by atoms with E-state index in [0.29, 0.717) is 23.5 Å². The highest BCUT2D eigenvalue weighted by Crippen LogP contribution is 2.68. The van der Waals surface area contributed by atoms with Crippen molar-refractivity contribution in [2.24, 2.45) is 52.3 Å². The van der Waals surface area contributed by atoms with E-state index in [2.05, 4.69) is 51.9 Å². The van der Waals surface area contributed by atoms with Gasteiger partial charge in [-0.25, -0.2) is 0 Å². The van der Waals surface area contributed by atoms with E-state index in [1.807, 2.05) is 10.9 Å². The Bertz CT molecular complexity index is 865. The molecular formula is C32H55N3O. The van der Waals surface area contributed by atoms with Crippen LogP contribution in [0.4, 0.5) is 0 Å². The average molecular weight is 498 g/mol. The third-order valence-electron chi connectivity index (χ3n) is 12.2. The summed E-state index contributed by atoms with van der Waals surface area (Å²) in [7, 11) is 0. The molecule has 36 heavy (non-hydrogen) atoms. The first kappa shape index (κ1) is 26.7. The van der Waals surface area contributed by atoms with Gasteiger partial charge in [0.15, 0.2) is 0 Å². The third kappa shape index (κ3) is 4.94. The lowest BCUT2D eigenvalue weighted by Crippen LogP contribution is -2.54. The molecule has 0 N–H and O–H groups in total. The summed E-state index contributed by atoms with van der Waals surface area (Å²) < 4.78 is 8.31. The number of fused-ring (bicyclic) bond motifs is 5. The van der Waals surface area contributed by atoms with Crippen molar-refractivity contribution < 1.29 is 4.74 Å². The van der Waals surface area contributed by atoms with Crippen molar-refractivity contribution in [2.75, 3.05) is 0 Å². The van der Waals surface area contributed by atoms with Gasteiger partial charge in [0.2, 0.25) is 0 Å². The van der Waals surface area contributed by atoms with Crippen molar-refractivity contribution in [1.82, 2.24) is 15.0 Å². The highest BCUT2D eigenvalue weighted by Gasteiger charge is 2.60. The number of nitrogens with zero attached hydrogens (tertiary/aromatic N) is 3. The number of aryl methyl sites for hydroxylation is 1.